The molecule has 2 atom stereocenters. The van der Waals surface area contributed by atoms with Crippen LogP contribution >= 0.6 is 0 Å². The highest BCUT2D eigenvalue weighted by Crippen LogP contribution is 2.52. The van der Waals surface area contributed by atoms with Crippen molar-refractivity contribution in [2.45, 2.75) is 64.8 Å². The Balaban J connectivity index is 1.77. The molecule has 0 fully saturated rings. The fraction of sp³-hybridized carbons (Fsp3) is 0.387. The van der Waals surface area contributed by atoms with Crippen LogP contribution in [0.5, 0.6) is 0 Å². The van der Waals surface area contributed by atoms with E-state index >= 15 is 0 Å². The van der Waals surface area contributed by atoms with Gasteiger partial charge in [0.2, 0.25) is 5.91 Å². The van der Waals surface area contributed by atoms with Gasteiger partial charge in [0.15, 0.2) is 5.72 Å². The van der Waals surface area contributed by atoms with Crippen molar-refractivity contribution >= 4 is 5.91 Å². The Bertz CT molecular complexity index is 1130. The molecule has 0 bridgehead atoms. The molecule has 0 saturated heterocycles. The third-order valence-electron chi connectivity index (χ3n) is 7.01. The number of nitrogens with one attached hydrogen (secondary N) is 1. The van der Waals surface area contributed by atoms with Crippen molar-refractivity contribution in [2.75, 3.05) is 13.1 Å². The first-order valence-corrected chi connectivity index (χ1v) is 12.7. The van der Waals surface area contributed by atoms with Gasteiger partial charge in [0.1, 0.15) is 0 Å². The number of hydrogen-bond donors (Lipinski definition) is 1. The number of carbonyl (C=O) groups is 1. The first-order chi connectivity index (χ1) is 16.8. The first kappa shape index (κ1) is 25.2. The molecule has 0 spiro atoms. The summed E-state index contributed by atoms with van der Waals surface area (Å²) in [4.78, 5) is 14.1. The maximum absolute atomic E-state index is 11.7. The molecule has 2 unspecified atom stereocenters. The van der Waals surface area contributed by atoms with Crippen molar-refractivity contribution in [1.82, 2.24) is 10.2 Å². The first-order valence-electron chi connectivity index (χ1n) is 12.7. The van der Waals surface area contributed by atoms with Crippen molar-refractivity contribution in [3.63, 3.8) is 0 Å². The van der Waals surface area contributed by atoms with Crippen molar-refractivity contribution in [2.24, 2.45) is 0 Å². The molecular weight excluding hydrogens is 432 g/mol. The Kier molecular flexibility index (Phi) is 7.44. The summed E-state index contributed by atoms with van der Waals surface area (Å²) in [6.45, 7) is 12.2. The lowest BCUT2D eigenvalue weighted by atomic mass is 9.87. The van der Waals surface area contributed by atoms with Crippen molar-refractivity contribution in [3.05, 3.63) is 107 Å². The van der Waals surface area contributed by atoms with Gasteiger partial charge < -0.3 is 10.1 Å². The topological polar surface area (TPSA) is 41.6 Å². The van der Waals surface area contributed by atoms with Crippen LogP contribution in [0.1, 0.15) is 74.9 Å². The molecule has 3 aromatic rings. The second-order valence-corrected chi connectivity index (χ2v) is 10.4. The fourth-order valence-electron chi connectivity index (χ4n) is 5.26. The molecule has 1 aliphatic heterocycles. The van der Waals surface area contributed by atoms with E-state index < -0.39 is 5.72 Å². The highest BCUT2D eigenvalue weighted by Gasteiger charge is 2.51. The normalized spacial score (nSPS) is 20.0. The van der Waals surface area contributed by atoms with Crippen LogP contribution in [0, 0.1) is 0 Å². The van der Waals surface area contributed by atoms with Crippen LogP contribution in [0.25, 0.3) is 0 Å². The van der Waals surface area contributed by atoms with E-state index in [0.29, 0.717) is 19.7 Å². The van der Waals surface area contributed by atoms with Gasteiger partial charge in [-0.3, -0.25) is 9.69 Å². The van der Waals surface area contributed by atoms with E-state index in [-0.39, 0.29) is 17.4 Å². The van der Waals surface area contributed by atoms with Gasteiger partial charge in [-0.05, 0) is 28.5 Å². The third kappa shape index (κ3) is 5.05. The molecule has 4 nitrogen and oxygen atoms in total. The van der Waals surface area contributed by atoms with Crippen molar-refractivity contribution < 1.29 is 9.53 Å². The summed E-state index contributed by atoms with van der Waals surface area (Å²) in [6.07, 6.45) is 0.954. The molecule has 0 aromatic heterocycles. The van der Waals surface area contributed by atoms with Crippen LogP contribution in [0.3, 0.4) is 0 Å². The van der Waals surface area contributed by atoms with E-state index in [9.17, 15) is 4.79 Å². The van der Waals surface area contributed by atoms with Crippen LogP contribution in [0.4, 0.5) is 0 Å². The maximum atomic E-state index is 11.7. The number of ether oxygens (including phenoxy) is 1. The van der Waals surface area contributed by atoms with Crippen LogP contribution in [-0.4, -0.2) is 23.9 Å². The highest BCUT2D eigenvalue weighted by atomic mass is 16.5. The Morgan fingerprint density at radius 3 is 2.26 bits per heavy atom. The third-order valence-corrected chi connectivity index (χ3v) is 7.01. The van der Waals surface area contributed by atoms with E-state index in [2.05, 4.69) is 111 Å². The standard InChI is InChI=1S/C31H38N2O2/c1-6-29-27-14-10-11-15-28(27)31(26-12-8-7-9-13-26,33(29)21-20-32-23(2)34)35-22-24-16-18-25(19-17-24)30(3,4)5/h7-19,29H,6,20-22H2,1-5H3,(H,32,34). The van der Waals surface area contributed by atoms with Gasteiger partial charge in [0.05, 0.1) is 6.61 Å². The second kappa shape index (κ2) is 10.3. The summed E-state index contributed by atoms with van der Waals surface area (Å²) in [5, 5.41) is 2.99. The molecule has 4 heteroatoms. The van der Waals surface area contributed by atoms with Crippen LogP contribution < -0.4 is 5.32 Å². The minimum absolute atomic E-state index is 0.0140. The molecule has 0 aliphatic carbocycles. The molecule has 0 radical (unpaired) electrons. The molecule has 1 amide bonds. The number of fused-ring (bicyclic) bond motifs is 1. The molecule has 3 aromatic carbocycles. The number of rotatable bonds is 8. The number of carbonyl (C=O) groups excluding carboxylic acids is 1. The minimum Gasteiger partial charge on any atom is -0.355 e. The quantitative estimate of drug-likeness (QED) is 0.420. The van der Waals surface area contributed by atoms with Gasteiger partial charge in [-0.1, -0.05) is 107 Å². The Morgan fingerprint density at radius 2 is 1.63 bits per heavy atom. The van der Waals surface area contributed by atoms with E-state index in [0.717, 1.165) is 17.5 Å². The second-order valence-electron chi connectivity index (χ2n) is 10.4. The summed E-state index contributed by atoms with van der Waals surface area (Å²) >= 11 is 0. The predicted octanol–water partition coefficient (Wildman–Crippen LogP) is 6.30. The molecule has 35 heavy (non-hydrogen) atoms. The number of hydrogen-bond acceptors (Lipinski definition) is 3. The number of nitrogens with zero attached hydrogens (tertiary/aromatic N) is 1. The monoisotopic (exact) mass is 470 g/mol. The van der Waals surface area contributed by atoms with E-state index in [1.54, 1.807) is 6.92 Å². The smallest absolute Gasteiger partial charge is 0.216 e. The predicted molar refractivity (Wildman–Crippen MR) is 142 cm³/mol. The lowest BCUT2D eigenvalue weighted by Gasteiger charge is -2.42. The van der Waals surface area contributed by atoms with Crippen LogP contribution in [0.2, 0.25) is 0 Å². The largest absolute Gasteiger partial charge is 0.355 e. The Hall–Kier alpha value is -2.95. The molecule has 1 N–H and O–H groups in total. The molecule has 0 saturated carbocycles. The van der Waals surface area contributed by atoms with Gasteiger partial charge in [0, 0.05) is 37.2 Å². The maximum Gasteiger partial charge on any atom is 0.216 e. The van der Waals surface area contributed by atoms with Gasteiger partial charge >= 0.3 is 0 Å². The zero-order valence-electron chi connectivity index (χ0n) is 21.7. The van der Waals surface area contributed by atoms with Crippen LogP contribution in [-0.2, 0) is 27.3 Å². The van der Waals surface area contributed by atoms with Gasteiger partial charge in [0.25, 0.3) is 0 Å². The molecule has 184 valence electrons. The average Bonchev–Trinajstić information content (AvgIpc) is 3.12. The number of benzene rings is 3. The Morgan fingerprint density at radius 1 is 0.971 bits per heavy atom. The minimum atomic E-state index is -0.736. The SMILES string of the molecule is CCC1c2ccccc2C(OCc2ccc(C(C)(C)C)cc2)(c2ccccc2)N1CCNC(C)=O. The lowest BCUT2D eigenvalue weighted by molar-refractivity contribution is -0.147. The zero-order valence-corrected chi connectivity index (χ0v) is 21.7. The molecule has 1 aliphatic rings. The van der Waals surface area contributed by atoms with Crippen LogP contribution in [0.15, 0.2) is 78.9 Å². The molecular formula is C31H38N2O2. The highest BCUT2D eigenvalue weighted by molar-refractivity contribution is 5.72. The van der Waals surface area contributed by atoms with E-state index in [1.165, 1.54) is 16.7 Å². The Labute approximate surface area is 210 Å². The van der Waals surface area contributed by atoms with Gasteiger partial charge in [-0.2, -0.15) is 0 Å². The van der Waals surface area contributed by atoms with E-state index in [4.69, 9.17) is 4.74 Å². The van der Waals surface area contributed by atoms with E-state index in [1.807, 2.05) is 6.07 Å². The zero-order chi connectivity index (χ0) is 25.1. The number of amides is 1. The molecule has 1 heterocycles. The van der Waals surface area contributed by atoms with Crippen molar-refractivity contribution in [1.29, 1.82) is 0 Å². The molecule has 4 rings (SSSR count). The summed E-state index contributed by atoms with van der Waals surface area (Å²) in [5.41, 5.74) is 5.43. The summed E-state index contributed by atoms with van der Waals surface area (Å²) in [7, 11) is 0. The lowest BCUT2D eigenvalue weighted by Crippen LogP contribution is -2.48. The summed E-state index contributed by atoms with van der Waals surface area (Å²) in [5.74, 6) is -0.0140. The van der Waals surface area contributed by atoms with Gasteiger partial charge in [-0.25, -0.2) is 0 Å². The van der Waals surface area contributed by atoms with Gasteiger partial charge in [-0.15, -0.1) is 0 Å². The fourth-order valence-corrected chi connectivity index (χ4v) is 5.26. The summed E-state index contributed by atoms with van der Waals surface area (Å²) in [6, 6.07) is 28.1. The average molecular weight is 471 g/mol. The van der Waals surface area contributed by atoms with Crippen molar-refractivity contribution in [3.8, 4) is 0 Å². The summed E-state index contributed by atoms with van der Waals surface area (Å²) < 4.78 is 7.03.